The zero-order chi connectivity index (χ0) is 9.97. The van der Waals surface area contributed by atoms with Crippen LogP contribution in [0.25, 0.3) is 5.65 Å². The summed E-state index contributed by atoms with van der Waals surface area (Å²) in [5, 5.41) is 3.13. The van der Waals surface area contributed by atoms with Gasteiger partial charge in [-0.05, 0) is 53.6 Å². The number of nitrogens with one attached hydrogen (secondary N) is 1. The number of pyridine rings is 1. The fraction of sp³-hybridized carbons (Fsp3) is 0.300. The number of imidazole rings is 1. The van der Waals surface area contributed by atoms with Crippen LogP contribution in [0.3, 0.4) is 0 Å². The molecule has 74 valence electrons. The van der Waals surface area contributed by atoms with E-state index in [4.69, 9.17) is 0 Å². The molecule has 0 radical (unpaired) electrons. The molecule has 0 aliphatic carbocycles. The standard InChI is InChI=1S/C10H12BrN3/c1-12-4-2-8-3-5-14-9(11)7-13-10(14)6-8/h3,5-7,12H,2,4H2,1H3. The molecule has 0 fully saturated rings. The lowest BCUT2D eigenvalue weighted by Gasteiger charge is -2.01. The van der Waals surface area contributed by atoms with Gasteiger partial charge in [-0.15, -0.1) is 0 Å². The average Bonchev–Trinajstić information content (AvgIpc) is 2.57. The van der Waals surface area contributed by atoms with E-state index in [1.165, 1.54) is 5.56 Å². The Morgan fingerprint density at radius 3 is 3.21 bits per heavy atom. The van der Waals surface area contributed by atoms with Gasteiger partial charge in [0.15, 0.2) is 0 Å². The quantitative estimate of drug-likeness (QED) is 0.905. The summed E-state index contributed by atoms with van der Waals surface area (Å²) >= 11 is 3.43. The minimum atomic E-state index is 0.991. The molecule has 1 N–H and O–H groups in total. The Labute approximate surface area is 91.3 Å². The van der Waals surface area contributed by atoms with Crippen LogP contribution in [0.15, 0.2) is 29.1 Å². The van der Waals surface area contributed by atoms with Crippen LogP contribution in [0.1, 0.15) is 5.56 Å². The number of hydrogen-bond donors (Lipinski definition) is 1. The largest absolute Gasteiger partial charge is 0.319 e. The van der Waals surface area contributed by atoms with Crippen molar-refractivity contribution in [2.45, 2.75) is 6.42 Å². The average molecular weight is 254 g/mol. The Morgan fingerprint density at radius 1 is 1.57 bits per heavy atom. The van der Waals surface area contributed by atoms with Crippen LogP contribution in [-0.2, 0) is 6.42 Å². The third kappa shape index (κ3) is 1.81. The SMILES string of the molecule is CNCCc1ccn2c(Br)cnc2c1. The van der Waals surface area contributed by atoms with Crippen molar-refractivity contribution in [3.05, 3.63) is 34.7 Å². The van der Waals surface area contributed by atoms with E-state index in [9.17, 15) is 0 Å². The fourth-order valence-electron chi connectivity index (χ4n) is 1.42. The molecule has 0 unspecified atom stereocenters. The van der Waals surface area contributed by atoms with Gasteiger partial charge in [0.1, 0.15) is 10.3 Å². The number of aromatic nitrogens is 2. The number of likely N-dealkylation sites (N-methyl/N-ethyl adjacent to an activating group) is 1. The van der Waals surface area contributed by atoms with Crippen LogP contribution < -0.4 is 5.32 Å². The number of nitrogens with zero attached hydrogens (tertiary/aromatic N) is 2. The maximum absolute atomic E-state index is 4.28. The van der Waals surface area contributed by atoms with Gasteiger partial charge < -0.3 is 5.32 Å². The summed E-state index contributed by atoms with van der Waals surface area (Å²) in [7, 11) is 1.96. The van der Waals surface area contributed by atoms with E-state index in [0.717, 1.165) is 23.2 Å². The Morgan fingerprint density at radius 2 is 2.43 bits per heavy atom. The molecule has 0 spiro atoms. The summed E-state index contributed by atoms with van der Waals surface area (Å²) < 4.78 is 3.01. The van der Waals surface area contributed by atoms with E-state index in [-0.39, 0.29) is 0 Å². The molecule has 0 aromatic carbocycles. The molecule has 2 heterocycles. The molecule has 0 amide bonds. The summed E-state index contributed by atoms with van der Waals surface area (Å²) in [5.74, 6) is 0. The third-order valence-corrected chi connectivity index (χ3v) is 2.78. The summed E-state index contributed by atoms with van der Waals surface area (Å²) in [5.41, 5.74) is 2.30. The molecule has 0 aliphatic rings. The van der Waals surface area contributed by atoms with E-state index >= 15 is 0 Å². The predicted molar refractivity (Wildman–Crippen MR) is 60.5 cm³/mol. The Bertz CT molecular complexity index is 436. The first-order chi connectivity index (χ1) is 6.81. The zero-order valence-electron chi connectivity index (χ0n) is 8.00. The highest BCUT2D eigenvalue weighted by molar-refractivity contribution is 9.10. The van der Waals surface area contributed by atoms with Gasteiger partial charge in [-0.2, -0.15) is 0 Å². The lowest BCUT2D eigenvalue weighted by molar-refractivity contribution is 0.791. The molecular weight excluding hydrogens is 242 g/mol. The van der Waals surface area contributed by atoms with Crippen LogP contribution in [0, 0.1) is 0 Å². The topological polar surface area (TPSA) is 29.3 Å². The monoisotopic (exact) mass is 253 g/mol. The van der Waals surface area contributed by atoms with Crippen LogP contribution in [0.4, 0.5) is 0 Å². The smallest absolute Gasteiger partial charge is 0.137 e. The molecular formula is C10H12BrN3. The molecule has 0 aliphatic heterocycles. The maximum atomic E-state index is 4.28. The second-order valence-electron chi connectivity index (χ2n) is 3.20. The summed E-state index contributed by atoms with van der Waals surface area (Å²) in [4.78, 5) is 4.28. The summed E-state index contributed by atoms with van der Waals surface area (Å²) in [6, 6.07) is 4.23. The summed E-state index contributed by atoms with van der Waals surface area (Å²) in [6.07, 6.45) is 4.89. The normalized spacial score (nSPS) is 11.0. The van der Waals surface area contributed by atoms with Gasteiger partial charge in [-0.1, -0.05) is 0 Å². The Balaban J connectivity index is 2.32. The molecule has 0 atom stereocenters. The molecule has 0 saturated heterocycles. The zero-order valence-corrected chi connectivity index (χ0v) is 9.58. The molecule has 3 nitrogen and oxygen atoms in total. The lowest BCUT2D eigenvalue weighted by atomic mass is 10.2. The van der Waals surface area contributed by atoms with Crippen molar-refractivity contribution in [3.63, 3.8) is 0 Å². The van der Waals surface area contributed by atoms with Crippen LogP contribution >= 0.6 is 15.9 Å². The van der Waals surface area contributed by atoms with Crippen molar-refractivity contribution < 1.29 is 0 Å². The van der Waals surface area contributed by atoms with Gasteiger partial charge in [0, 0.05) is 6.20 Å². The number of hydrogen-bond acceptors (Lipinski definition) is 2. The third-order valence-electron chi connectivity index (χ3n) is 2.20. The number of rotatable bonds is 3. The minimum Gasteiger partial charge on any atom is -0.319 e. The Hall–Kier alpha value is -0.870. The summed E-state index contributed by atoms with van der Waals surface area (Å²) in [6.45, 7) is 0.998. The van der Waals surface area contributed by atoms with Gasteiger partial charge in [0.2, 0.25) is 0 Å². The van der Waals surface area contributed by atoms with E-state index in [2.05, 4.69) is 38.4 Å². The molecule has 2 rings (SSSR count). The van der Waals surface area contributed by atoms with Gasteiger partial charge >= 0.3 is 0 Å². The maximum Gasteiger partial charge on any atom is 0.137 e. The lowest BCUT2D eigenvalue weighted by Crippen LogP contribution is -2.10. The molecule has 2 aromatic heterocycles. The van der Waals surface area contributed by atoms with Crippen LogP contribution in [-0.4, -0.2) is 23.0 Å². The minimum absolute atomic E-state index is 0.991. The highest BCUT2D eigenvalue weighted by Gasteiger charge is 2.00. The highest BCUT2D eigenvalue weighted by atomic mass is 79.9. The fourth-order valence-corrected chi connectivity index (χ4v) is 1.82. The second kappa shape index (κ2) is 4.11. The molecule has 4 heteroatoms. The first kappa shape index (κ1) is 9.68. The first-order valence-corrected chi connectivity index (χ1v) is 5.36. The van der Waals surface area contributed by atoms with E-state index in [0.29, 0.717) is 0 Å². The second-order valence-corrected chi connectivity index (χ2v) is 4.01. The van der Waals surface area contributed by atoms with Crippen LogP contribution in [0.5, 0.6) is 0 Å². The van der Waals surface area contributed by atoms with Gasteiger partial charge in [0.25, 0.3) is 0 Å². The molecule has 0 saturated carbocycles. The number of fused-ring (bicyclic) bond motifs is 1. The van der Waals surface area contributed by atoms with E-state index < -0.39 is 0 Å². The van der Waals surface area contributed by atoms with Gasteiger partial charge in [-0.3, -0.25) is 4.40 Å². The van der Waals surface area contributed by atoms with E-state index in [1.807, 2.05) is 23.8 Å². The number of halogens is 1. The highest BCUT2D eigenvalue weighted by Crippen LogP contribution is 2.14. The van der Waals surface area contributed by atoms with Crippen molar-refractivity contribution in [1.82, 2.24) is 14.7 Å². The predicted octanol–water partition coefficient (Wildman–Crippen LogP) is 1.86. The first-order valence-electron chi connectivity index (χ1n) is 4.57. The van der Waals surface area contributed by atoms with Gasteiger partial charge in [0.05, 0.1) is 6.20 Å². The van der Waals surface area contributed by atoms with Crippen molar-refractivity contribution in [1.29, 1.82) is 0 Å². The van der Waals surface area contributed by atoms with Crippen molar-refractivity contribution in [2.75, 3.05) is 13.6 Å². The van der Waals surface area contributed by atoms with E-state index in [1.54, 1.807) is 0 Å². The van der Waals surface area contributed by atoms with Crippen molar-refractivity contribution in [3.8, 4) is 0 Å². The van der Waals surface area contributed by atoms with Crippen molar-refractivity contribution >= 4 is 21.6 Å². The van der Waals surface area contributed by atoms with Gasteiger partial charge in [-0.25, -0.2) is 4.98 Å². The molecule has 14 heavy (non-hydrogen) atoms. The molecule has 2 aromatic rings. The molecule has 0 bridgehead atoms. The Kier molecular flexibility index (Phi) is 2.84. The van der Waals surface area contributed by atoms with Crippen molar-refractivity contribution in [2.24, 2.45) is 0 Å². The van der Waals surface area contributed by atoms with Crippen LogP contribution in [0.2, 0.25) is 0 Å².